The number of fused-ring (bicyclic) bond motifs is 1. The zero-order valence-electron chi connectivity index (χ0n) is 12.3. The minimum absolute atomic E-state index is 0.0246. The van der Waals surface area contributed by atoms with Crippen LogP contribution in [0.15, 0.2) is 54.6 Å². The molecular formula is C17H16N2O3S. The number of amides is 2. The van der Waals surface area contributed by atoms with E-state index in [1.54, 1.807) is 4.90 Å². The van der Waals surface area contributed by atoms with E-state index in [0.29, 0.717) is 0 Å². The summed E-state index contributed by atoms with van der Waals surface area (Å²) in [6.07, 6.45) is 0. The zero-order chi connectivity index (χ0) is 16.0. The van der Waals surface area contributed by atoms with Crippen LogP contribution in [0.25, 0.3) is 11.1 Å². The molecule has 0 aliphatic carbocycles. The van der Waals surface area contributed by atoms with Crippen LogP contribution in [0, 0.1) is 0 Å². The molecule has 2 unspecified atom stereocenters. The molecule has 118 valence electrons. The van der Waals surface area contributed by atoms with Gasteiger partial charge in [0, 0.05) is 5.69 Å². The third-order valence-electron chi connectivity index (χ3n) is 4.43. The molecule has 0 bridgehead atoms. The lowest BCUT2D eigenvalue weighted by molar-refractivity contribution is 0.251. The van der Waals surface area contributed by atoms with Crippen molar-refractivity contribution in [2.45, 2.75) is 12.1 Å². The molecule has 2 amide bonds. The molecule has 0 saturated carbocycles. The fraction of sp³-hybridized carbons (Fsp3) is 0.235. The largest absolute Gasteiger partial charge is 0.332 e. The highest BCUT2D eigenvalue weighted by atomic mass is 32.2. The van der Waals surface area contributed by atoms with Gasteiger partial charge in [0.25, 0.3) is 0 Å². The first kappa shape index (κ1) is 14.3. The molecule has 2 aliphatic heterocycles. The first-order valence-electron chi connectivity index (χ1n) is 7.49. The van der Waals surface area contributed by atoms with Gasteiger partial charge in [-0.25, -0.2) is 13.2 Å². The van der Waals surface area contributed by atoms with E-state index in [1.165, 1.54) is 0 Å². The Morgan fingerprint density at radius 2 is 1.57 bits per heavy atom. The summed E-state index contributed by atoms with van der Waals surface area (Å²) in [7, 11) is -3.08. The van der Waals surface area contributed by atoms with Crippen LogP contribution < -0.4 is 10.2 Å². The third-order valence-corrected chi connectivity index (χ3v) is 6.15. The van der Waals surface area contributed by atoms with Crippen molar-refractivity contribution in [3.8, 4) is 11.1 Å². The molecule has 4 rings (SSSR count). The standard InChI is InChI=1S/C17H16N2O3S/c20-17-18-15-10-23(21,22)11-16(15)19(17)14-8-6-13(7-9-14)12-4-2-1-3-5-12/h1-9,15-16H,10-11H2,(H,18,20). The summed E-state index contributed by atoms with van der Waals surface area (Å²) in [5.74, 6) is 0.0544. The van der Waals surface area contributed by atoms with E-state index >= 15 is 0 Å². The van der Waals surface area contributed by atoms with Crippen molar-refractivity contribution in [2.75, 3.05) is 16.4 Å². The first-order chi connectivity index (χ1) is 11.0. The first-order valence-corrected chi connectivity index (χ1v) is 9.31. The number of hydrogen-bond donors (Lipinski definition) is 1. The van der Waals surface area contributed by atoms with Gasteiger partial charge in [-0.15, -0.1) is 0 Å². The molecule has 6 heteroatoms. The summed E-state index contributed by atoms with van der Waals surface area (Å²) < 4.78 is 23.6. The van der Waals surface area contributed by atoms with Crippen molar-refractivity contribution >= 4 is 21.6 Å². The van der Waals surface area contributed by atoms with Gasteiger partial charge >= 0.3 is 6.03 Å². The number of rotatable bonds is 2. The fourth-order valence-corrected chi connectivity index (χ4v) is 5.24. The SMILES string of the molecule is O=C1NC2CS(=O)(=O)CC2N1c1ccc(-c2ccccc2)cc1. The van der Waals surface area contributed by atoms with Crippen LogP contribution in [0.1, 0.15) is 0 Å². The molecular weight excluding hydrogens is 312 g/mol. The van der Waals surface area contributed by atoms with Gasteiger partial charge in [0.2, 0.25) is 0 Å². The van der Waals surface area contributed by atoms with E-state index in [0.717, 1.165) is 16.8 Å². The topological polar surface area (TPSA) is 66.5 Å². The number of urea groups is 1. The quantitative estimate of drug-likeness (QED) is 0.858. The molecule has 0 aromatic heterocycles. The summed E-state index contributed by atoms with van der Waals surface area (Å²) in [6.45, 7) is 0. The Kier molecular flexibility index (Phi) is 3.16. The van der Waals surface area contributed by atoms with Gasteiger partial charge in [0.1, 0.15) is 0 Å². The molecule has 2 aromatic carbocycles. The molecule has 2 fully saturated rings. The number of sulfone groups is 1. The van der Waals surface area contributed by atoms with Gasteiger partial charge in [-0.3, -0.25) is 4.90 Å². The Morgan fingerprint density at radius 1 is 0.913 bits per heavy atom. The van der Waals surface area contributed by atoms with E-state index in [-0.39, 0.29) is 29.6 Å². The molecule has 2 aliphatic rings. The summed E-state index contributed by atoms with van der Waals surface area (Å²) in [6, 6.07) is 16.8. The van der Waals surface area contributed by atoms with E-state index in [4.69, 9.17) is 0 Å². The van der Waals surface area contributed by atoms with Gasteiger partial charge in [-0.05, 0) is 23.3 Å². The second-order valence-electron chi connectivity index (χ2n) is 5.98. The van der Waals surface area contributed by atoms with Crippen LogP contribution in [0.3, 0.4) is 0 Å². The maximum Gasteiger partial charge on any atom is 0.322 e. The summed E-state index contributed by atoms with van der Waals surface area (Å²) >= 11 is 0. The lowest BCUT2D eigenvalue weighted by Gasteiger charge is -2.21. The van der Waals surface area contributed by atoms with Crippen LogP contribution in [-0.4, -0.2) is 38.0 Å². The number of nitrogens with one attached hydrogen (secondary N) is 1. The second kappa shape index (κ2) is 5.09. The molecule has 0 spiro atoms. The summed E-state index contributed by atoms with van der Waals surface area (Å²) in [4.78, 5) is 13.7. The highest BCUT2D eigenvalue weighted by Gasteiger charge is 2.49. The van der Waals surface area contributed by atoms with Gasteiger partial charge in [0.05, 0.1) is 23.6 Å². The molecule has 5 nitrogen and oxygen atoms in total. The highest BCUT2D eigenvalue weighted by Crippen LogP contribution is 2.31. The van der Waals surface area contributed by atoms with Crippen LogP contribution in [0.2, 0.25) is 0 Å². The van der Waals surface area contributed by atoms with Gasteiger partial charge < -0.3 is 5.32 Å². The van der Waals surface area contributed by atoms with Crippen molar-refractivity contribution in [2.24, 2.45) is 0 Å². The molecule has 2 heterocycles. The third kappa shape index (κ3) is 2.49. The van der Waals surface area contributed by atoms with E-state index < -0.39 is 9.84 Å². The van der Waals surface area contributed by atoms with Crippen molar-refractivity contribution in [1.82, 2.24) is 5.32 Å². The van der Waals surface area contributed by atoms with Crippen molar-refractivity contribution < 1.29 is 13.2 Å². The molecule has 0 radical (unpaired) electrons. The van der Waals surface area contributed by atoms with Gasteiger partial charge in [-0.2, -0.15) is 0 Å². The predicted octanol–water partition coefficient (Wildman–Crippen LogP) is 2.05. The Labute approximate surface area is 134 Å². The van der Waals surface area contributed by atoms with Gasteiger partial charge in [-0.1, -0.05) is 42.5 Å². The zero-order valence-corrected chi connectivity index (χ0v) is 13.2. The van der Waals surface area contributed by atoms with Crippen molar-refractivity contribution in [3.05, 3.63) is 54.6 Å². The monoisotopic (exact) mass is 328 g/mol. The number of nitrogens with zero attached hydrogens (tertiary/aromatic N) is 1. The number of carbonyl (C=O) groups is 1. The van der Waals surface area contributed by atoms with Gasteiger partial charge in [0.15, 0.2) is 9.84 Å². The van der Waals surface area contributed by atoms with Crippen LogP contribution in [-0.2, 0) is 9.84 Å². The lowest BCUT2D eigenvalue weighted by Crippen LogP contribution is -2.36. The van der Waals surface area contributed by atoms with Crippen LogP contribution in [0.5, 0.6) is 0 Å². The lowest BCUT2D eigenvalue weighted by atomic mass is 10.0. The summed E-state index contributed by atoms with van der Waals surface area (Å²) in [5.41, 5.74) is 2.89. The second-order valence-corrected chi connectivity index (χ2v) is 8.14. The number of anilines is 1. The number of hydrogen-bond acceptors (Lipinski definition) is 3. The Bertz CT molecular complexity index is 847. The highest BCUT2D eigenvalue weighted by molar-refractivity contribution is 7.91. The van der Waals surface area contributed by atoms with Crippen LogP contribution in [0.4, 0.5) is 10.5 Å². The van der Waals surface area contributed by atoms with E-state index in [2.05, 4.69) is 5.32 Å². The average molecular weight is 328 g/mol. The molecule has 2 aromatic rings. The van der Waals surface area contributed by atoms with E-state index in [9.17, 15) is 13.2 Å². The molecule has 2 atom stereocenters. The van der Waals surface area contributed by atoms with Crippen molar-refractivity contribution in [1.29, 1.82) is 0 Å². The number of benzene rings is 2. The maximum absolute atomic E-state index is 12.2. The maximum atomic E-state index is 12.2. The van der Waals surface area contributed by atoms with E-state index in [1.807, 2.05) is 54.6 Å². The van der Waals surface area contributed by atoms with Crippen LogP contribution >= 0.6 is 0 Å². The smallest absolute Gasteiger partial charge is 0.322 e. The Hall–Kier alpha value is -2.34. The summed E-state index contributed by atoms with van der Waals surface area (Å²) in [5, 5.41) is 2.77. The number of carbonyl (C=O) groups excluding carboxylic acids is 1. The van der Waals surface area contributed by atoms with Crippen molar-refractivity contribution in [3.63, 3.8) is 0 Å². The fourth-order valence-electron chi connectivity index (χ4n) is 3.35. The molecule has 23 heavy (non-hydrogen) atoms. The minimum atomic E-state index is -3.08. The predicted molar refractivity (Wildman–Crippen MR) is 89.1 cm³/mol. The Balaban J connectivity index is 1.64. The normalized spacial score (nSPS) is 25.2. The molecule has 2 saturated heterocycles. The molecule has 1 N–H and O–H groups in total. The average Bonchev–Trinajstić information content (AvgIpc) is 2.98. The minimum Gasteiger partial charge on any atom is -0.332 e. The Morgan fingerprint density at radius 3 is 2.26 bits per heavy atom.